The van der Waals surface area contributed by atoms with Gasteiger partial charge < -0.3 is 15.0 Å². The van der Waals surface area contributed by atoms with E-state index in [0.29, 0.717) is 12.2 Å². The van der Waals surface area contributed by atoms with Crippen molar-refractivity contribution in [3.63, 3.8) is 0 Å². The van der Waals surface area contributed by atoms with Gasteiger partial charge in [-0.25, -0.2) is 4.79 Å². The Hall–Kier alpha value is -1.89. The topological polar surface area (TPSA) is 79.0 Å². The molecule has 0 aromatic rings. The molecule has 0 saturated carbocycles. The summed E-state index contributed by atoms with van der Waals surface area (Å²) >= 11 is 0. The van der Waals surface area contributed by atoms with E-state index >= 15 is 0 Å². The van der Waals surface area contributed by atoms with Crippen LogP contribution in [0.3, 0.4) is 0 Å². The molecule has 1 fully saturated rings. The molecule has 7 heteroatoms. The second kappa shape index (κ2) is 13.3. The van der Waals surface area contributed by atoms with E-state index in [2.05, 4.69) is 31.0 Å². The highest BCUT2D eigenvalue weighted by Gasteiger charge is 2.39. The first-order valence-corrected chi connectivity index (χ1v) is 13.0. The van der Waals surface area contributed by atoms with Crippen LogP contribution >= 0.6 is 0 Å². The zero-order valence-electron chi connectivity index (χ0n) is 23.2. The minimum absolute atomic E-state index is 0.0685. The molecule has 0 radical (unpaired) electrons. The number of carbonyl (C=O) groups is 3. The fourth-order valence-electron chi connectivity index (χ4n) is 4.58. The summed E-state index contributed by atoms with van der Waals surface area (Å²) in [6.45, 7) is 19.1. The van der Waals surface area contributed by atoms with E-state index in [9.17, 15) is 14.4 Å². The number of hydrogen-bond acceptors (Lipinski definition) is 5. The lowest BCUT2D eigenvalue weighted by molar-refractivity contribution is -0.141. The van der Waals surface area contributed by atoms with Crippen molar-refractivity contribution in [1.29, 1.82) is 0 Å². The predicted octanol–water partition coefficient (Wildman–Crippen LogP) is 4.16. The summed E-state index contributed by atoms with van der Waals surface area (Å²) in [5.41, 5.74) is 0.402. The molecule has 196 valence electrons. The molecule has 0 spiro atoms. The number of esters is 1. The molecule has 1 heterocycles. The van der Waals surface area contributed by atoms with Gasteiger partial charge in [0.1, 0.15) is 6.04 Å². The molecule has 1 aliphatic heterocycles. The Balaban J connectivity index is 3.11. The van der Waals surface area contributed by atoms with Crippen LogP contribution in [0.2, 0.25) is 0 Å². The van der Waals surface area contributed by atoms with Crippen molar-refractivity contribution in [1.82, 2.24) is 15.1 Å². The molecule has 1 aliphatic rings. The third-order valence-corrected chi connectivity index (χ3v) is 7.17. The summed E-state index contributed by atoms with van der Waals surface area (Å²) < 4.78 is 5.10. The SMILES string of the molecule is CCOC(=O)/C(C)=C/[C@H](C(C)C)N(C)C(=O)[C@@H](NC(=O)[C@H]1CCCCN1C(C)(C)CC)C(C)C. The number of likely N-dealkylation sites (N-methyl/N-ethyl adjacent to an activating group) is 1. The van der Waals surface area contributed by atoms with E-state index in [1.165, 1.54) is 0 Å². The lowest BCUT2D eigenvalue weighted by atomic mass is 9.90. The normalized spacial score (nSPS) is 19.6. The van der Waals surface area contributed by atoms with Gasteiger partial charge in [0.25, 0.3) is 0 Å². The standard InChI is InChI=1S/C27H49N3O4/c1-11-27(8,9)30-16-14-13-15-21(30)24(31)28-23(19(5)6)25(32)29(10)22(18(3)4)17-20(7)26(33)34-12-2/h17-19,21-23H,11-16H2,1-10H3,(H,28,31)/b20-17+/t21-,22-,23+/m1/s1. The molecule has 7 nitrogen and oxygen atoms in total. The molecule has 0 aliphatic carbocycles. The average Bonchev–Trinajstić information content (AvgIpc) is 2.79. The van der Waals surface area contributed by atoms with Gasteiger partial charge in [0.15, 0.2) is 0 Å². The number of carbonyl (C=O) groups excluding carboxylic acids is 3. The van der Waals surface area contributed by atoms with Crippen LogP contribution in [-0.4, -0.2) is 71.4 Å². The van der Waals surface area contributed by atoms with Crippen molar-refractivity contribution < 1.29 is 19.1 Å². The summed E-state index contributed by atoms with van der Waals surface area (Å²) in [6.07, 6.45) is 5.66. The molecular formula is C27H49N3O4. The lowest BCUT2D eigenvalue weighted by Crippen LogP contribution is -2.61. The minimum atomic E-state index is -0.636. The number of nitrogens with one attached hydrogen (secondary N) is 1. The molecule has 1 N–H and O–H groups in total. The molecule has 34 heavy (non-hydrogen) atoms. The van der Waals surface area contributed by atoms with E-state index in [-0.39, 0.29) is 47.2 Å². The number of rotatable bonds is 11. The highest BCUT2D eigenvalue weighted by molar-refractivity contribution is 5.91. The van der Waals surface area contributed by atoms with Crippen molar-refractivity contribution >= 4 is 17.8 Å². The minimum Gasteiger partial charge on any atom is -0.463 e. The van der Waals surface area contributed by atoms with Gasteiger partial charge in [-0.05, 0) is 65.3 Å². The van der Waals surface area contributed by atoms with E-state index in [1.54, 1.807) is 31.9 Å². The molecule has 1 rings (SSSR count). The summed E-state index contributed by atoms with van der Waals surface area (Å²) in [4.78, 5) is 43.2. The summed E-state index contributed by atoms with van der Waals surface area (Å²) in [5, 5.41) is 3.10. The van der Waals surface area contributed by atoms with Crippen LogP contribution in [0.1, 0.15) is 88.0 Å². The van der Waals surface area contributed by atoms with E-state index in [4.69, 9.17) is 4.74 Å². The molecule has 2 amide bonds. The van der Waals surface area contributed by atoms with Crippen molar-refractivity contribution in [3.8, 4) is 0 Å². The van der Waals surface area contributed by atoms with Gasteiger partial charge in [0.05, 0.1) is 18.7 Å². The summed E-state index contributed by atoms with van der Waals surface area (Å²) in [6, 6.07) is -1.15. The fourth-order valence-corrected chi connectivity index (χ4v) is 4.58. The van der Waals surface area contributed by atoms with Crippen LogP contribution in [-0.2, 0) is 19.1 Å². The Bertz CT molecular complexity index is 729. The number of ether oxygens (including phenoxy) is 1. The largest absolute Gasteiger partial charge is 0.463 e. The second-order valence-electron chi connectivity index (χ2n) is 10.9. The number of piperidine rings is 1. The first kappa shape index (κ1) is 30.1. The Morgan fingerprint density at radius 1 is 1.12 bits per heavy atom. The molecule has 0 aromatic carbocycles. The highest BCUT2D eigenvalue weighted by atomic mass is 16.5. The molecule has 0 aromatic heterocycles. The molecular weight excluding hydrogens is 430 g/mol. The Labute approximate surface area is 207 Å². The zero-order valence-corrected chi connectivity index (χ0v) is 23.2. The second-order valence-corrected chi connectivity index (χ2v) is 10.9. The number of hydrogen-bond donors (Lipinski definition) is 1. The van der Waals surface area contributed by atoms with Crippen molar-refractivity contribution in [2.45, 2.75) is 112 Å². The maximum atomic E-state index is 13.6. The van der Waals surface area contributed by atoms with Crippen molar-refractivity contribution in [3.05, 3.63) is 11.6 Å². The third kappa shape index (κ3) is 7.82. The van der Waals surface area contributed by atoms with Gasteiger partial charge in [0, 0.05) is 18.2 Å². The van der Waals surface area contributed by atoms with Crippen LogP contribution in [0, 0.1) is 11.8 Å². The van der Waals surface area contributed by atoms with Gasteiger partial charge in [-0.3, -0.25) is 14.5 Å². The Morgan fingerprint density at radius 2 is 1.74 bits per heavy atom. The Morgan fingerprint density at radius 3 is 2.24 bits per heavy atom. The molecule has 0 unspecified atom stereocenters. The van der Waals surface area contributed by atoms with Crippen LogP contribution in [0.15, 0.2) is 11.6 Å². The maximum Gasteiger partial charge on any atom is 0.333 e. The maximum absolute atomic E-state index is 13.6. The average molecular weight is 480 g/mol. The summed E-state index contributed by atoms with van der Waals surface area (Å²) in [7, 11) is 1.75. The number of likely N-dealkylation sites (tertiary alicyclic amines) is 1. The summed E-state index contributed by atoms with van der Waals surface area (Å²) in [5.74, 6) is -0.578. The third-order valence-electron chi connectivity index (χ3n) is 7.17. The lowest BCUT2D eigenvalue weighted by Gasteiger charge is -2.45. The molecule has 3 atom stereocenters. The fraction of sp³-hybridized carbons (Fsp3) is 0.815. The molecule has 0 bridgehead atoms. The van der Waals surface area contributed by atoms with Gasteiger partial charge in [-0.2, -0.15) is 0 Å². The van der Waals surface area contributed by atoms with Gasteiger partial charge in [-0.1, -0.05) is 47.1 Å². The van der Waals surface area contributed by atoms with E-state index in [1.807, 2.05) is 27.7 Å². The quantitative estimate of drug-likeness (QED) is 0.356. The zero-order chi connectivity index (χ0) is 26.2. The highest BCUT2D eigenvalue weighted by Crippen LogP contribution is 2.28. The smallest absolute Gasteiger partial charge is 0.333 e. The molecule has 1 saturated heterocycles. The van der Waals surface area contributed by atoms with Gasteiger partial charge in [-0.15, -0.1) is 0 Å². The van der Waals surface area contributed by atoms with E-state index < -0.39 is 6.04 Å². The van der Waals surface area contributed by atoms with Crippen LogP contribution in [0.4, 0.5) is 0 Å². The van der Waals surface area contributed by atoms with Crippen LogP contribution in [0.25, 0.3) is 0 Å². The predicted molar refractivity (Wildman–Crippen MR) is 137 cm³/mol. The van der Waals surface area contributed by atoms with E-state index in [0.717, 1.165) is 32.2 Å². The Kier molecular flexibility index (Phi) is 11.8. The van der Waals surface area contributed by atoms with Crippen molar-refractivity contribution in [2.24, 2.45) is 11.8 Å². The van der Waals surface area contributed by atoms with Crippen molar-refractivity contribution in [2.75, 3.05) is 20.2 Å². The van der Waals surface area contributed by atoms with Gasteiger partial charge >= 0.3 is 5.97 Å². The first-order valence-electron chi connectivity index (χ1n) is 13.0. The first-order chi connectivity index (χ1) is 15.8. The van der Waals surface area contributed by atoms with Gasteiger partial charge in [0.2, 0.25) is 11.8 Å². The van der Waals surface area contributed by atoms with Crippen LogP contribution in [0.5, 0.6) is 0 Å². The van der Waals surface area contributed by atoms with Crippen LogP contribution < -0.4 is 5.32 Å². The monoisotopic (exact) mass is 479 g/mol. The number of amides is 2. The number of nitrogens with zero attached hydrogens (tertiary/aromatic N) is 2.